The van der Waals surface area contributed by atoms with Crippen LogP contribution in [0.5, 0.6) is 11.5 Å². The van der Waals surface area contributed by atoms with Crippen LogP contribution >= 0.6 is 15.9 Å². The molecule has 2 aromatic rings. The van der Waals surface area contributed by atoms with Crippen molar-refractivity contribution >= 4 is 22.2 Å². The first kappa shape index (κ1) is 14.5. The van der Waals surface area contributed by atoms with Crippen molar-refractivity contribution in [3.05, 3.63) is 57.8 Å². The number of aldehydes is 1. The number of halogens is 2. The Hall–Kier alpha value is -1.88. The van der Waals surface area contributed by atoms with Crippen LogP contribution in [-0.2, 0) is 6.61 Å². The van der Waals surface area contributed by atoms with Crippen molar-refractivity contribution in [2.24, 2.45) is 0 Å². The second kappa shape index (κ2) is 6.52. The van der Waals surface area contributed by atoms with Crippen LogP contribution in [0.1, 0.15) is 15.9 Å². The Morgan fingerprint density at radius 1 is 1.25 bits per heavy atom. The fraction of sp³-hybridized carbons (Fsp3) is 0.133. The summed E-state index contributed by atoms with van der Waals surface area (Å²) in [6.45, 7) is 0.157. The maximum atomic E-state index is 13.3. The molecule has 0 aromatic heterocycles. The Morgan fingerprint density at radius 2 is 2.05 bits per heavy atom. The van der Waals surface area contributed by atoms with Gasteiger partial charge in [-0.25, -0.2) is 4.39 Å². The molecule has 5 heteroatoms. The minimum Gasteiger partial charge on any atom is -0.497 e. The van der Waals surface area contributed by atoms with Crippen molar-refractivity contribution in [3.63, 3.8) is 0 Å². The zero-order valence-electron chi connectivity index (χ0n) is 10.7. The second-order valence-corrected chi connectivity index (χ2v) is 5.00. The maximum absolute atomic E-state index is 13.3. The first-order chi connectivity index (χ1) is 9.62. The van der Waals surface area contributed by atoms with Gasteiger partial charge in [-0.2, -0.15) is 0 Å². The molecule has 0 aliphatic carbocycles. The molecule has 20 heavy (non-hydrogen) atoms. The Labute approximate surface area is 124 Å². The summed E-state index contributed by atoms with van der Waals surface area (Å²) >= 11 is 3.22. The van der Waals surface area contributed by atoms with E-state index in [1.54, 1.807) is 24.3 Å². The van der Waals surface area contributed by atoms with Crippen molar-refractivity contribution in [3.8, 4) is 11.5 Å². The van der Waals surface area contributed by atoms with Crippen molar-refractivity contribution < 1.29 is 18.7 Å². The summed E-state index contributed by atoms with van der Waals surface area (Å²) in [6, 6.07) is 9.41. The molecule has 3 nitrogen and oxygen atoms in total. The minimum atomic E-state index is -0.348. The van der Waals surface area contributed by atoms with Crippen LogP contribution in [0.3, 0.4) is 0 Å². The van der Waals surface area contributed by atoms with Crippen molar-refractivity contribution in [2.45, 2.75) is 6.61 Å². The Morgan fingerprint density at radius 3 is 2.70 bits per heavy atom. The monoisotopic (exact) mass is 338 g/mol. The van der Waals surface area contributed by atoms with Crippen LogP contribution in [0.4, 0.5) is 4.39 Å². The van der Waals surface area contributed by atoms with E-state index in [0.717, 1.165) is 0 Å². The van der Waals surface area contributed by atoms with Crippen LogP contribution in [0.25, 0.3) is 0 Å². The van der Waals surface area contributed by atoms with Crippen LogP contribution in [-0.4, -0.2) is 13.4 Å². The lowest BCUT2D eigenvalue weighted by Gasteiger charge is -2.10. The molecule has 2 rings (SSSR count). The maximum Gasteiger partial charge on any atom is 0.153 e. The summed E-state index contributed by atoms with van der Waals surface area (Å²) in [4.78, 5) is 11.0. The molecule has 0 bridgehead atoms. The average molecular weight is 339 g/mol. The number of carbonyl (C=O) groups excluding carboxylic acids is 1. The fourth-order valence-electron chi connectivity index (χ4n) is 1.72. The third-order valence-electron chi connectivity index (χ3n) is 2.66. The molecule has 0 radical (unpaired) electrons. The van der Waals surface area contributed by atoms with Gasteiger partial charge in [0, 0.05) is 10.5 Å². The summed E-state index contributed by atoms with van der Waals surface area (Å²) in [6.07, 6.45) is 0.705. The zero-order chi connectivity index (χ0) is 14.5. The van der Waals surface area contributed by atoms with E-state index in [9.17, 15) is 9.18 Å². The summed E-state index contributed by atoms with van der Waals surface area (Å²) < 4.78 is 24.5. The standard InChI is InChI=1S/C15H12BrFO3/c1-19-14-3-2-11(8-18)15(7-14)20-9-10-4-12(16)6-13(17)5-10/h2-8H,9H2,1H3. The van der Waals surface area contributed by atoms with Gasteiger partial charge < -0.3 is 9.47 Å². The average Bonchev–Trinajstić information content (AvgIpc) is 2.43. The summed E-state index contributed by atoms with van der Waals surface area (Å²) in [5.41, 5.74) is 1.08. The number of methoxy groups -OCH3 is 1. The third-order valence-corrected chi connectivity index (χ3v) is 3.12. The SMILES string of the molecule is COc1ccc(C=O)c(OCc2cc(F)cc(Br)c2)c1. The van der Waals surface area contributed by atoms with Gasteiger partial charge in [0.1, 0.15) is 23.9 Å². The van der Waals surface area contributed by atoms with E-state index in [1.165, 1.54) is 19.2 Å². The Balaban J connectivity index is 2.19. The Bertz CT molecular complexity index is 608. The molecule has 0 saturated carbocycles. The lowest BCUT2D eigenvalue weighted by molar-refractivity contribution is 0.111. The molecule has 0 atom stereocenters. The third kappa shape index (κ3) is 3.57. The molecule has 0 heterocycles. The molecule has 0 spiro atoms. The molecule has 104 valence electrons. The highest BCUT2D eigenvalue weighted by Crippen LogP contribution is 2.25. The molecule has 0 aliphatic heterocycles. The lowest BCUT2D eigenvalue weighted by Crippen LogP contribution is -1.99. The summed E-state index contributed by atoms with van der Waals surface area (Å²) in [7, 11) is 1.53. The molecule has 0 amide bonds. The van der Waals surface area contributed by atoms with E-state index in [-0.39, 0.29) is 12.4 Å². The molecule has 2 aromatic carbocycles. The van der Waals surface area contributed by atoms with Gasteiger partial charge in [-0.05, 0) is 35.9 Å². The molecule has 0 saturated heterocycles. The predicted molar refractivity (Wildman–Crippen MR) is 76.8 cm³/mol. The Kier molecular flexibility index (Phi) is 4.74. The van der Waals surface area contributed by atoms with Gasteiger partial charge in [0.25, 0.3) is 0 Å². The van der Waals surface area contributed by atoms with E-state index in [4.69, 9.17) is 9.47 Å². The quantitative estimate of drug-likeness (QED) is 0.773. The first-order valence-electron chi connectivity index (χ1n) is 5.83. The van der Waals surface area contributed by atoms with Gasteiger partial charge >= 0.3 is 0 Å². The highest BCUT2D eigenvalue weighted by molar-refractivity contribution is 9.10. The number of rotatable bonds is 5. The van der Waals surface area contributed by atoms with E-state index in [2.05, 4.69) is 15.9 Å². The van der Waals surface area contributed by atoms with Gasteiger partial charge in [0.05, 0.1) is 12.7 Å². The lowest BCUT2D eigenvalue weighted by atomic mass is 10.2. The zero-order valence-corrected chi connectivity index (χ0v) is 12.3. The fourth-order valence-corrected chi connectivity index (χ4v) is 2.23. The summed E-state index contributed by atoms with van der Waals surface area (Å²) in [5, 5.41) is 0. The number of ether oxygens (including phenoxy) is 2. The highest BCUT2D eigenvalue weighted by atomic mass is 79.9. The number of hydrogen-bond donors (Lipinski definition) is 0. The molecular formula is C15H12BrFO3. The topological polar surface area (TPSA) is 35.5 Å². The van der Waals surface area contributed by atoms with Gasteiger partial charge in [0.2, 0.25) is 0 Å². The second-order valence-electron chi connectivity index (χ2n) is 4.09. The molecule has 0 aliphatic rings. The van der Waals surface area contributed by atoms with Crippen LogP contribution in [0.15, 0.2) is 40.9 Å². The van der Waals surface area contributed by atoms with Gasteiger partial charge in [-0.15, -0.1) is 0 Å². The number of hydrogen-bond acceptors (Lipinski definition) is 3. The van der Waals surface area contributed by atoms with E-state index in [1.807, 2.05) is 0 Å². The van der Waals surface area contributed by atoms with Crippen LogP contribution < -0.4 is 9.47 Å². The molecule has 0 unspecified atom stereocenters. The smallest absolute Gasteiger partial charge is 0.153 e. The normalized spacial score (nSPS) is 10.2. The summed E-state index contributed by atoms with van der Waals surface area (Å²) in [5.74, 6) is 0.644. The highest BCUT2D eigenvalue weighted by Gasteiger charge is 2.06. The van der Waals surface area contributed by atoms with E-state index in [0.29, 0.717) is 33.4 Å². The van der Waals surface area contributed by atoms with Gasteiger partial charge in [0.15, 0.2) is 6.29 Å². The predicted octanol–water partition coefficient (Wildman–Crippen LogP) is 3.99. The van der Waals surface area contributed by atoms with Crippen molar-refractivity contribution in [1.82, 2.24) is 0 Å². The van der Waals surface area contributed by atoms with E-state index >= 15 is 0 Å². The van der Waals surface area contributed by atoms with Gasteiger partial charge in [-0.3, -0.25) is 4.79 Å². The molecular weight excluding hydrogens is 327 g/mol. The largest absolute Gasteiger partial charge is 0.497 e. The number of benzene rings is 2. The minimum absolute atomic E-state index is 0.157. The van der Waals surface area contributed by atoms with Crippen molar-refractivity contribution in [2.75, 3.05) is 7.11 Å². The molecule has 0 N–H and O–H groups in total. The number of carbonyl (C=O) groups is 1. The van der Waals surface area contributed by atoms with E-state index < -0.39 is 0 Å². The van der Waals surface area contributed by atoms with Crippen LogP contribution in [0.2, 0.25) is 0 Å². The van der Waals surface area contributed by atoms with Crippen LogP contribution in [0, 0.1) is 5.82 Å². The molecule has 0 fully saturated rings. The van der Waals surface area contributed by atoms with Gasteiger partial charge in [-0.1, -0.05) is 15.9 Å². The van der Waals surface area contributed by atoms with Crippen molar-refractivity contribution in [1.29, 1.82) is 0 Å². The first-order valence-corrected chi connectivity index (χ1v) is 6.62.